The molecule has 34 heavy (non-hydrogen) atoms. The highest BCUT2D eigenvalue weighted by Gasteiger charge is 2.17. The molecule has 3 aromatic carbocycles. The maximum atomic E-state index is 12.8. The van der Waals surface area contributed by atoms with Crippen molar-refractivity contribution in [1.82, 2.24) is 14.9 Å². The third-order valence-corrected chi connectivity index (χ3v) is 6.08. The average molecular weight is 452 g/mol. The summed E-state index contributed by atoms with van der Waals surface area (Å²) >= 11 is 0. The quantitative estimate of drug-likeness (QED) is 0.225. The number of carbonyl (C=O) groups excluding carboxylic acids is 1. The Morgan fingerprint density at radius 2 is 1.79 bits per heavy atom. The van der Waals surface area contributed by atoms with Crippen molar-refractivity contribution in [3.05, 3.63) is 78.4 Å². The molecule has 2 heterocycles. The summed E-state index contributed by atoms with van der Waals surface area (Å²) in [5.74, 6) is -0.158. The molecule has 5 aromatic rings. The Hall–Kier alpha value is -3.88. The minimum absolute atomic E-state index is 0.158. The number of aromatic nitrogens is 2. The number of nitrogens with zero attached hydrogens (tertiary/aromatic N) is 2. The number of rotatable bonds is 7. The Kier molecular flexibility index (Phi) is 5.92. The van der Waals surface area contributed by atoms with Gasteiger partial charge in [0, 0.05) is 42.0 Å². The number of hydrogen-bond donors (Lipinski definition) is 4. The molecule has 0 radical (unpaired) electrons. The van der Waals surface area contributed by atoms with Crippen molar-refractivity contribution in [2.75, 3.05) is 25.5 Å². The van der Waals surface area contributed by atoms with Gasteiger partial charge in [-0.3, -0.25) is 4.79 Å². The van der Waals surface area contributed by atoms with E-state index in [9.17, 15) is 14.8 Å². The number of carbonyl (C=O) groups is 1. The highest BCUT2D eigenvalue weighted by atomic mass is 16.4. The van der Waals surface area contributed by atoms with Crippen molar-refractivity contribution in [3.8, 4) is 0 Å². The molecule has 170 valence electrons. The molecule has 0 aliphatic heterocycles. The molecule has 7 nitrogen and oxygen atoms in total. The zero-order valence-electron chi connectivity index (χ0n) is 18.8. The number of H-pyrrole nitrogens is 1. The second-order valence-electron chi connectivity index (χ2n) is 8.40. The number of anilines is 1. The number of amides is 1. The predicted molar refractivity (Wildman–Crippen MR) is 137 cm³/mol. The molecule has 0 bridgehead atoms. The summed E-state index contributed by atoms with van der Waals surface area (Å²) in [6, 6.07) is 22.7. The topological polar surface area (TPSA) is 101 Å². The number of nitrogens with one attached hydrogen (secondary N) is 2. The number of aromatic amines is 1. The van der Waals surface area contributed by atoms with Crippen molar-refractivity contribution in [2.45, 2.75) is 6.42 Å². The molecular formula is C26H25BN4O3. The van der Waals surface area contributed by atoms with E-state index in [1.165, 1.54) is 6.07 Å². The zero-order chi connectivity index (χ0) is 23.7. The van der Waals surface area contributed by atoms with Crippen molar-refractivity contribution in [3.63, 3.8) is 0 Å². The van der Waals surface area contributed by atoms with Crippen molar-refractivity contribution in [1.29, 1.82) is 0 Å². The molecular weight excluding hydrogens is 427 g/mol. The minimum Gasteiger partial charge on any atom is -0.423 e. The molecule has 4 N–H and O–H groups in total. The summed E-state index contributed by atoms with van der Waals surface area (Å²) in [7, 11) is 0.154. The first-order chi connectivity index (χ1) is 16.5. The van der Waals surface area contributed by atoms with Crippen LogP contribution in [0.25, 0.3) is 32.8 Å². The van der Waals surface area contributed by atoms with Gasteiger partial charge in [-0.15, -0.1) is 0 Å². The summed E-state index contributed by atoms with van der Waals surface area (Å²) in [6.07, 6.45) is 0.739. The first-order valence-corrected chi connectivity index (χ1v) is 11.3. The van der Waals surface area contributed by atoms with Crippen LogP contribution in [0.15, 0.2) is 72.8 Å². The molecule has 0 saturated heterocycles. The Bertz CT molecular complexity index is 1500. The van der Waals surface area contributed by atoms with E-state index in [-0.39, 0.29) is 5.91 Å². The number of fused-ring (bicyclic) bond motifs is 4. The lowest BCUT2D eigenvalue weighted by Crippen LogP contribution is -2.33. The monoisotopic (exact) mass is 452 g/mol. The van der Waals surface area contributed by atoms with Gasteiger partial charge in [0.1, 0.15) is 0 Å². The van der Waals surface area contributed by atoms with E-state index in [0.29, 0.717) is 24.1 Å². The minimum atomic E-state index is -1.60. The highest BCUT2D eigenvalue weighted by molar-refractivity contribution is 6.58. The van der Waals surface area contributed by atoms with Crippen LogP contribution in [0.1, 0.15) is 16.8 Å². The van der Waals surface area contributed by atoms with Crippen LogP contribution in [0.5, 0.6) is 0 Å². The van der Waals surface area contributed by atoms with Gasteiger partial charge in [-0.2, -0.15) is 0 Å². The molecule has 0 aliphatic carbocycles. The fourth-order valence-corrected chi connectivity index (χ4v) is 4.33. The van der Waals surface area contributed by atoms with E-state index in [0.717, 1.165) is 44.9 Å². The molecule has 0 unspecified atom stereocenters. The van der Waals surface area contributed by atoms with Crippen LogP contribution >= 0.6 is 0 Å². The van der Waals surface area contributed by atoms with Crippen LogP contribution in [0, 0.1) is 0 Å². The normalized spacial score (nSPS) is 11.3. The molecule has 0 saturated carbocycles. The standard InChI is InChI=1S/C26H25BN4O3/c1-31(26(32)17-8-6-9-18(16-17)27(33)34)15-7-14-28-23-19-10-2-4-12-21(19)29-24-20-11-3-5-13-22(20)30-25(23)24/h2-6,8-13,16,30,33-34H,7,14-15H2,1H3,(H,28,29). The van der Waals surface area contributed by atoms with E-state index >= 15 is 0 Å². The third kappa shape index (κ3) is 4.09. The van der Waals surface area contributed by atoms with Gasteiger partial charge < -0.3 is 25.2 Å². The van der Waals surface area contributed by atoms with Gasteiger partial charge in [0.25, 0.3) is 5.91 Å². The van der Waals surface area contributed by atoms with Gasteiger partial charge in [0.15, 0.2) is 0 Å². The largest absolute Gasteiger partial charge is 0.488 e. The van der Waals surface area contributed by atoms with Crippen molar-refractivity contribution >= 4 is 57.0 Å². The van der Waals surface area contributed by atoms with Gasteiger partial charge in [0.2, 0.25) is 0 Å². The molecule has 1 amide bonds. The molecule has 0 fully saturated rings. The fourth-order valence-electron chi connectivity index (χ4n) is 4.33. The first-order valence-electron chi connectivity index (χ1n) is 11.3. The first kappa shape index (κ1) is 21.9. The van der Waals surface area contributed by atoms with Gasteiger partial charge in [-0.05, 0) is 36.1 Å². The van der Waals surface area contributed by atoms with Crippen LogP contribution in [-0.2, 0) is 0 Å². The summed E-state index contributed by atoms with van der Waals surface area (Å²) in [5.41, 5.74) is 5.63. The van der Waals surface area contributed by atoms with E-state index in [2.05, 4.69) is 28.5 Å². The number of pyridine rings is 1. The van der Waals surface area contributed by atoms with Gasteiger partial charge in [-0.1, -0.05) is 48.5 Å². The van der Waals surface area contributed by atoms with Crippen LogP contribution in [0.2, 0.25) is 0 Å². The highest BCUT2D eigenvalue weighted by Crippen LogP contribution is 2.34. The van der Waals surface area contributed by atoms with Crippen LogP contribution < -0.4 is 10.8 Å². The van der Waals surface area contributed by atoms with Gasteiger partial charge >= 0.3 is 7.12 Å². The number of benzene rings is 3. The molecule has 8 heteroatoms. The Balaban J connectivity index is 1.33. The maximum Gasteiger partial charge on any atom is 0.488 e. The molecule has 5 rings (SSSR count). The van der Waals surface area contributed by atoms with Crippen LogP contribution in [0.4, 0.5) is 5.69 Å². The summed E-state index contributed by atoms with van der Waals surface area (Å²) in [4.78, 5) is 22.8. The number of para-hydroxylation sites is 2. The summed E-state index contributed by atoms with van der Waals surface area (Å²) < 4.78 is 0. The van der Waals surface area contributed by atoms with Crippen molar-refractivity contribution < 1.29 is 14.8 Å². The van der Waals surface area contributed by atoms with Crippen LogP contribution in [0.3, 0.4) is 0 Å². The van der Waals surface area contributed by atoms with Gasteiger partial charge in [-0.25, -0.2) is 4.98 Å². The van der Waals surface area contributed by atoms with E-state index in [1.807, 2.05) is 30.3 Å². The second-order valence-corrected chi connectivity index (χ2v) is 8.40. The lowest BCUT2D eigenvalue weighted by atomic mass is 9.79. The second kappa shape index (κ2) is 9.17. The van der Waals surface area contributed by atoms with Crippen molar-refractivity contribution in [2.24, 2.45) is 0 Å². The maximum absolute atomic E-state index is 12.8. The lowest BCUT2D eigenvalue weighted by Gasteiger charge is -2.18. The Labute approximate surface area is 197 Å². The molecule has 0 atom stereocenters. The lowest BCUT2D eigenvalue weighted by molar-refractivity contribution is 0.0795. The third-order valence-electron chi connectivity index (χ3n) is 6.08. The molecule has 0 spiro atoms. The Morgan fingerprint density at radius 3 is 2.62 bits per heavy atom. The predicted octanol–water partition coefficient (Wildman–Crippen LogP) is 3.12. The van der Waals surface area contributed by atoms with E-state index in [4.69, 9.17) is 4.98 Å². The SMILES string of the molecule is CN(CCCNc1c2ccccc2nc2c1[nH]c1ccccc12)C(=O)c1cccc(B(O)O)c1. The summed E-state index contributed by atoms with van der Waals surface area (Å²) in [6.45, 7) is 1.22. The smallest absolute Gasteiger partial charge is 0.423 e. The fraction of sp³-hybridized carbons (Fsp3) is 0.154. The zero-order valence-corrected chi connectivity index (χ0v) is 18.8. The Morgan fingerprint density at radius 1 is 1.03 bits per heavy atom. The average Bonchev–Trinajstić information content (AvgIpc) is 3.23. The van der Waals surface area contributed by atoms with E-state index < -0.39 is 7.12 Å². The molecule has 2 aromatic heterocycles. The van der Waals surface area contributed by atoms with Gasteiger partial charge in [0.05, 0.1) is 22.2 Å². The molecule has 0 aliphatic rings. The number of hydrogen-bond acceptors (Lipinski definition) is 5. The summed E-state index contributed by atoms with van der Waals surface area (Å²) in [5, 5.41) is 24.4. The van der Waals surface area contributed by atoms with Crippen LogP contribution in [-0.4, -0.2) is 58.1 Å². The van der Waals surface area contributed by atoms with E-state index in [1.54, 1.807) is 30.1 Å².